The molecular weight excluding hydrogens is 336 g/mol. The van der Waals surface area contributed by atoms with E-state index in [0.717, 1.165) is 24.8 Å². The quantitative estimate of drug-likeness (QED) is 0.569. The number of hydrogen-bond donors (Lipinski definition) is 2. The molecule has 0 bridgehead atoms. The Morgan fingerprint density at radius 2 is 1.76 bits per heavy atom. The standard InChI is InChI=1S/C20H27ClN2O2/c1-20(2,18(24)22-13-12-15-6-4-3-5-7-15)19(25)23-14-16-8-10-17(21)11-9-16/h6,8-11H,3-5,7,12-14H2,1-2H3,(H,22,24)(H,23,25). The number of hydrogen-bond acceptors (Lipinski definition) is 2. The number of nitrogens with one attached hydrogen (secondary N) is 2. The van der Waals surface area contributed by atoms with Crippen molar-refractivity contribution >= 4 is 23.4 Å². The maximum absolute atomic E-state index is 12.4. The first-order chi connectivity index (χ1) is 11.9. The highest BCUT2D eigenvalue weighted by Gasteiger charge is 2.35. The Morgan fingerprint density at radius 1 is 1.08 bits per heavy atom. The molecule has 1 aromatic carbocycles. The molecule has 0 aliphatic heterocycles. The summed E-state index contributed by atoms with van der Waals surface area (Å²) in [6, 6.07) is 7.27. The molecule has 0 radical (unpaired) electrons. The molecule has 5 heteroatoms. The SMILES string of the molecule is CC(C)(C(=O)NCCC1=CCCCC1)C(=O)NCc1ccc(Cl)cc1. The predicted molar refractivity (Wildman–Crippen MR) is 101 cm³/mol. The van der Waals surface area contributed by atoms with Crippen LogP contribution in [-0.4, -0.2) is 18.4 Å². The fourth-order valence-electron chi connectivity index (χ4n) is 2.80. The van der Waals surface area contributed by atoms with E-state index < -0.39 is 5.41 Å². The van der Waals surface area contributed by atoms with Crippen molar-refractivity contribution in [3.05, 3.63) is 46.5 Å². The zero-order chi connectivity index (χ0) is 18.3. The molecule has 0 saturated carbocycles. The second-order valence-corrected chi connectivity index (χ2v) is 7.48. The Balaban J connectivity index is 1.79. The number of benzene rings is 1. The van der Waals surface area contributed by atoms with Crippen molar-refractivity contribution in [1.82, 2.24) is 10.6 Å². The van der Waals surface area contributed by atoms with Gasteiger partial charge in [0.15, 0.2) is 0 Å². The molecule has 2 N–H and O–H groups in total. The zero-order valence-corrected chi connectivity index (χ0v) is 15.8. The maximum Gasteiger partial charge on any atom is 0.235 e. The van der Waals surface area contributed by atoms with Gasteiger partial charge in [-0.3, -0.25) is 9.59 Å². The summed E-state index contributed by atoms with van der Waals surface area (Å²) in [7, 11) is 0. The van der Waals surface area contributed by atoms with E-state index in [0.29, 0.717) is 18.1 Å². The second kappa shape index (κ2) is 9.04. The maximum atomic E-state index is 12.4. The van der Waals surface area contributed by atoms with Gasteiger partial charge < -0.3 is 10.6 Å². The number of carbonyl (C=O) groups is 2. The van der Waals surface area contributed by atoms with Crippen LogP contribution in [0.1, 0.15) is 51.5 Å². The minimum Gasteiger partial charge on any atom is -0.355 e. The van der Waals surface area contributed by atoms with Gasteiger partial charge >= 0.3 is 0 Å². The van der Waals surface area contributed by atoms with Crippen LogP contribution in [0, 0.1) is 5.41 Å². The largest absolute Gasteiger partial charge is 0.355 e. The third kappa shape index (κ3) is 5.89. The van der Waals surface area contributed by atoms with Crippen molar-refractivity contribution in [1.29, 1.82) is 0 Å². The van der Waals surface area contributed by atoms with Crippen molar-refractivity contribution in [2.45, 2.75) is 52.5 Å². The molecule has 0 atom stereocenters. The number of rotatable bonds is 7. The Hall–Kier alpha value is -1.81. The second-order valence-electron chi connectivity index (χ2n) is 7.05. The summed E-state index contributed by atoms with van der Waals surface area (Å²) >= 11 is 5.85. The van der Waals surface area contributed by atoms with Gasteiger partial charge in [0.25, 0.3) is 0 Å². The van der Waals surface area contributed by atoms with E-state index in [1.54, 1.807) is 26.0 Å². The fraction of sp³-hybridized carbons (Fsp3) is 0.500. The summed E-state index contributed by atoms with van der Waals surface area (Å²) in [4.78, 5) is 24.8. The monoisotopic (exact) mass is 362 g/mol. The smallest absolute Gasteiger partial charge is 0.235 e. The lowest BCUT2D eigenvalue weighted by Gasteiger charge is -2.23. The molecule has 0 fully saturated rings. The van der Waals surface area contributed by atoms with Gasteiger partial charge in [-0.15, -0.1) is 0 Å². The molecule has 2 amide bonds. The lowest BCUT2D eigenvalue weighted by atomic mass is 9.90. The molecule has 1 aliphatic carbocycles. The molecule has 0 saturated heterocycles. The van der Waals surface area contributed by atoms with Crippen molar-refractivity contribution < 1.29 is 9.59 Å². The van der Waals surface area contributed by atoms with Crippen molar-refractivity contribution in [3.63, 3.8) is 0 Å². The molecule has 0 aromatic heterocycles. The van der Waals surface area contributed by atoms with E-state index in [4.69, 9.17) is 11.6 Å². The molecule has 1 aromatic rings. The summed E-state index contributed by atoms with van der Waals surface area (Å²) in [6.07, 6.45) is 7.91. The van der Waals surface area contributed by atoms with Gasteiger partial charge in [0.2, 0.25) is 11.8 Å². The Labute approximate surface area is 155 Å². The lowest BCUT2D eigenvalue weighted by molar-refractivity contribution is -0.141. The van der Waals surface area contributed by atoms with E-state index in [2.05, 4.69) is 16.7 Å². The third-order valence-corrected chi connectivity index (χ3v) is 4.87. The minimum absolute atomic E-state index is 0.238. The van der Waals surface area contributed by atoms with Crippen LogP contribution in [0.15, 0.2) is 35.9 Å². The Bertz CT molecular complexity index is 636. The summed E-state index contributed by atoms with van der Waals surface area (Å²) in [6.45, 7) is 4.26. The van der Waals surface area contributed by atoms with Crippen molar-refractivity contribution in [2.24, 2.45) is 5.41 Å². The van der Waals surface area contributed by atoms with Gasteiger partial charge in [-0.05, 0) is 63.6 Å². The van der Waals surface area contributed by atoms with Crippen LogP contribution in [0.5, 0.6) is 0 Å². The van der Waals surface area contributed by atoms with Crippen LogP contribution < -0.4 is 10.6 Å². The van der Waals surface area contributed by atoms with Gasteiger partial charge in [-0.25, -0.2) is 0 Å². The highest BCUT2D eigenvalue weighted by Crippen LogP contribution is 2.20. The first-order valence-electron chi connectivity index (χ1n) is 8.88. The number of halogens is 1. The normalized spacial score (nSPS) is 14.6. The summed E-state index contributed by atoms with van der Waals surface area (Å²) in [5.41, 5.74) is 1.25. The average Bonchev–Trinajstić information content (AvgIpc) is 2.61. The summed E-state index contributed by atoms with van der Waals surface area (Å²) in [5.74, 6) is -0.519. The highest BCUT2D eigenvalue weighted by molar-refractivity contribution is 6.30. The fourth-order valence-corrected chi connectivity index (χ4v) is 2.92. The minimum atomic E-state index is -1.10. The van der Waals surface area contributed by atoms with Gasteiger partial charge in [-0.2, -0.15) is 0 Å². The molecule has 2 rings (SSSR count). The van der Waals surface area contributed by atoms with Crippen LogP contribution in [0.2, 0.25) is 5.02 Å². The molecule has 1 aliphatic rings. The molecule has 25 heavy (non-hydrogen) atoms. The highest BCUT2D eigenvalue weighted by atomic mass is 35.5. The van der Waals surface area contributed by atoms with Crippen LogP contribution in [0.3, 0.4) is 0 Å². The number of carbonyl (C=O) groups excluding carboxylic acids is 2. The molecule has 136 valence electrons. The summed E-state index contributed by atoms with van der Waals surface area (Å²) < 4.78 is 0. The van der Waals surface area contributed by atoms with E-state index >= 15 is 0 Å². The lowest BCUT2D eigenvalue weighted by Crippen LogP contribution is -2.47. The Morgan fingerprint density at radius 3 is 2.40 bits per heavy atom. The van der Waals surface area contributed by atoms with E-state index in [-0.39, 0.29) is 11.8 Å². The molecule has 0 unspecified atom stereocenters. The molecule has 0 heterocycles. The molecule has 4 nitrogen and oxygen atoms in total. The first kappa shape index (κ1) is 19.5. The first-order valence-corrected chi connectivity index (χ1v) is 9.26. The van der Waals surface area contributed by atoms with Crippen LogP contribution in [-0.2, 0) is 16.1 Å². The Kier molecular flexibility index (Phi) is 7.06. The van der Waals surface area contributed by atoms with E-state index in [9.17, 15) is 9.59 Å². The van der Waals surface area contributed by atoms with Crippen LogP contribution >= 0.6 is 11.6 Å². The molecular formula is C20H27ClN2O2. The van der Waals surface area contributed by atoms with E-state index in [1.165, 1.54) is 18.4 Å². The average molecular weight is 363 g/mol. The van der Waals surface area contributed by atoms with Crippen molar-refractivity contribution in [2.75, 3.05) is 6.54 Å². The van der Waals surface area contributed by atoms with E-state index in [1.807, 2.05) is 12.1 Å². The number of amides is 2. The van der Waals surface area contributed by atoms with Crippen LogP contribution in [0.4, 0.5) is 0 Å². The topological polar surface area (TPSA) is 58.2 Å². The van der Waals surface area contributed by atoms with Gasteiger partial charge in [0.1, 0.15) is 5.41 Å². The van der Waals surface area contributed by atoms with Gasteiger partial charge in [-0.1, -0.05) is 35.4 Å². The van der Waals surface area contributed by atoms with Gasteiger partial charge in [0, 0.05) is 18.1 Å². The summed E-state index contributed by atoms with van der Waals surface area (Å²) in [5, 5.41) is 6.38. The third-order valence-electron chi connectivity index (χ3n) is 4.62. The zero-order valence-electron chi connectivity index (χ0n) is 15.0. The number of allylic oxidation sites excluding steroid dienone is 1. The van der Waals surface area contributed by atoms with Crippen LogP contribution in [0.25, 0.3) is 0 Å². The molecule has 0 spiro atoms. The van der Waals surface area contributed by atoms with Gasteiger partial charge in [0.05, 0.1) is 0 Å². The van der Waals surface area contributed by atoms with Crippen molar-refractivity contribution in [3.8, 4) is 0 Å². The predicted octanol–water partition coefficient (Wildman–Crippen LogP) is 3.99.